The third-order valence-corrected chi connectivity index (χ3v) is 6.32. The number of nitrogens with one attached hydrogen (secondary N) is 1. The Morgan fingerprint density at radius 3 is 2.56 bits per heavy atom. The number of fused-ring (bicyclic) bond motifs is 1. The first-order valence-electron chi connectivity index (χ1n) is 11.4. The first kappa shape index (κ1) is 22.2. The second-order valence-electron chi connectivity index (χ2n) is 8.44. The number of methoxy groups -OCH3 is 1. The minimum Gasteiger partial charge on any atom is -0.497 e. The Bertz CT molecular complexity index is 1320. The van der Waals surface area contributed by atoms with E-state index < -0.39 is 0 Å². The molecule has 184 valence electrons. The van der Waals surface area contributed by atoms with E-state index in [9.17, 15) is 4.79 Å². The van der Waals surface area contributed by atoms with Crippen LogP contribution in [0.1, 0.15) is 16.4 Å². The standard InChI is InChI=1S/C24H23N7O5/c1-33-17-6-2-15(3-7-17)23(32)26-19-12-34-22-20(13-35-21(19)22)31-24(27-28-29-31)36-18-8-4-16(5-9-18)30-11-10-25-14-30/h2-11,14,19-22H,12-13H2,1H3,(H,26,32). The molecule has 4 heterocycles. The van der Waals surface area contributed by atoms with Crippen LogP contribution in [-0.4, -0.2) is 74.2 Å². The molecule has 4 aromatic rings. The third kappa shape index (κ3) is 4.16. The molecule has 2 aromatic carbocycles. The molecule has 4 atom stereocenters. The van der Waals surface area contributed by atoms with Crippen molar-refractivity contribution in [3.63, 3.8) is 0 Å². The molecule has 2 aliphatic heterocycles. The maximum atomic E-state index is 12.7. The molecule has 2 aromatic heterocycles. The van der Waals surface area contributed by atoms with E-state index in [1.807, 2.05) is 35.0 Å². The summed E-state index contributed by atoms with van der Waals surface area (Å²) in [5, 5.41) is 15.0. The number of nitrogens with zero attached hydrogens (tertiary/aromatic N) is 6. The molecule has 12 nitrogen and oxygen atoms in total. The molecule has 4 unspecified atom stereocenters. The Labute approximate surface area is 205 Å². The predicted molar refractivity (Wildman–Crippen MR) is 124 cm³/mol. The fraction of sp³-hybridized carbons (Fsp3) is 0.292. The number of benzene rings is 2. The van der Waals surface area contributed by atoms with E-state index in [4.69, 9.17) is 18.9 Å². The zero-order valence-electron chi connectivity index (χ0n) is 19.3. The highest BCUT2D eigenvalue weighted by atomic mass is 16.6. The van der Waals surface area contributed by atoms with E-state index >= 15 is 0 Å². The summed E-state index contributed by atoms with van der Waals surface area (Å²) in [4.78, 5) is 16.8. The van der Waals surface area contributed by atoms with Gasteiger partial charge in [-0.2, -0.15) is 4.68 Å². The van der Waals surface area contributed by atoms with Gasteiger partial charge in [-0.3, -0.25) is 4.79 Å². The number of hydrogen-bond donors (Lipinski definition) is 1. The summed E-state index contributed by atoms with van der Waals surface area (Å²) in [6, 6.07) is 14.0. The van der Waals surface area contributed by atoms with Gasteiger partial charge in [-0.05, 0) is 59.0 Å². The third-order valence-electron chi connectivity index (χ3n) is 6.32. The van der Waals surface area contributed by atoms with Crippen LogP contribution in [0.3, 0.4) is 0 Å². The number of aromatic nitrogens is 6. The van der Waals surface area contributed by atoms with Gasteiger partial charge in [-0.1, -0.05) is 5.10 Å². The van der Waals surface area contributed by atoms with Gasteiger partial charge < -0.3 is 28.8 Å². The summed E-state index contributed by atoms with van der Waals surface area (Å²) in [5.41, 5.74) is 1.48. The highest BCUT2D eigenvalue weighted by molar-refractivity contribution is 5.94. The molecule has 2 saturated heterocycles. The van der Waals surface area contributed by atoms with Crippen molar-refractivity contribution in [2.75, 3.05) is 20.3 Å². The second kappa shape index (κ2) is 9.40. The monoisotopic (exact) mass is 489 g/mol. The van der Waals surface area contributed by atoms with Crippen molar-refractivity contribution in [2.45, 2.75) is 24.3 Å². The van der Waals surface area contributed by atoms with Crippen LogP contribution in [0.5, 0.6) is 17.5 Å². The number of hydrogen-bond acceptors (Lipinski definition) is 9. The van der Waals surface area contributed by atoms with Gasteiger partial charge in [0.1, 0.15) is 29.7 Å². The highest BCUT2D eigenvalue weighted by Gasteiger charge is 2.50. The maximum absolute atomic E-state index is 12.7. The topological polar surface area (TPSA) is 127 Å². The molecule has 1 amide bonds. The Morgan fingerprint density at radius 1 is 1.03 bits per heavy atom. The van der Waals surface area contributed by atoms with Crippen LogP contribution in [0.4, 0.5) is 0 Å². The van der Waals surface area contributed by atoms with Crippen molar-refractivity contribution >= 4 is 5.91 Å². The molecule has 6 rings (SSSR count). The largest absolute Gasteiger partial charge is 0.497 e. The Hall–Kier alpha value is -4.29. The number of carbonyl (C=O) groups excluding carboxylic acids is 1. The molecule has 0 bridgehead atoms. The van der Waals surface area contributed by atoms with Crippen LogP contribution in [0.25, 0.3) is 5.69 Å². The summed E-state index contributed by atoms with van der Waals surface area (Å²) < 4.78 is 26.6. The van der Waals surface area contributed by atoms with Gasteiger partial charge >= 0.3 is 6.01 Å². The molecule has 1 N–H and O–H groups in total. The number of carbonyl (C=O) groups is 1. The minimum atomic E-state index is -0.333. The van der Waals surface area contributed by atoms with Crippen molar-refractivity contribution in [3.8, 4) is 23.2 Å². The molecule has 2 aliphatic rings. The molecule has 0 aliphatic carbocycles. The summed E-state index contributed by atoms with van der Waals surface area (Å²) in [5.74, 6) is 1.07. The molecule has 2 fully saturated rings. The Balaban J connectivity index is 1.12. The van der Waals surface area contributed by atoms with Crippen molar-refractivity contribution < 1.29 is 23.7 Å². The van der Waals surface area contributed by atoms with Gasteiger partial charge in [0.25, 0.3) is 5.91 Å². The van der Waals surface area contributed by atoms with E-state index in [0.717, 1.165) is 5.69 Å². The number of amides is 1. The van der Waals surface area contributed by atoms with Gasteiger partial charge in [-0.15, -0.1) is 0 Å². The number of tetrazole rings is 1. The fourth-order valence-electron chi connectivity index (χ4n) is 4.47. The molecular weight excluding hydrogens is 466 g/mol. The van der Waals surface area contributed by atoms with Gasteiger partial charge in [0.05, 0.1) is 32.7 Å². The Morgan fingerprint density at radius 2 is 1.81 bits per heavy atom. The molecule has 0 radical (unpaired) electrons. The molecule has 36 heavy (non-hydrogen) atoms. The smallest absolute Gasteiger partial charge is 0.341 e. The average molecular weight is 489 g/mol. The van der Waals surface area contributed by atoms with Gasteiger partial charge in [0.15, 0.2) is 0 Å². The number of rotatable bonds is 7. The van der Waals surface area contributed by atoms with Gasteiger partial charge in [0.2, 0.25) is 0 Å². The van der Waals surface area contributed by atoms with Crippen molar-refractivity contribution in [1.82, 2.24) is 35.1 Å². The van der Waals surface area contributed by atoms with E-state index in [1.54, 1.807) is 48.6 Å². The minimum absolute atomic E-state index is 0.204. The SMILES string of the molecule is COc1ccc(C(=O)NC2COC3C2OCC3n2nnnc2Oc2ccc(-n3ccnc3)cc2)cc1. The first-order valence-corrected chi connectivity index (χ1v) is 11.4. The van der Waals surface area contributed by atoms with Gasteiger partial charge in [0, 0.05) is 23.6 Å². The van der Waals surface area contributed by atoms with Crippen molar-refractivity contribution in [1.29, 1.82) is 0 Å². The Kier molecular flexibility index (Phi) is 5.79. The van der Waals surface area contributed by atoms with Crippen molar-refractivity contribution in [2.24, 2.45) is 0 Å². The zero-order valence-corrected chi connectivity index (χ0v) is 19.3. The molecular formula is C24H23N7O5. The summed E-state index contributed by atoms with van der Waals surface area (Å²) >= 11 is 0. The lowest BCUT2D eigenvalue weighted by Gasteiger charge is -2.18. The number of ether oxygens (including phenoxy) is 4. The summed E-state index contributed by atoms with van der Waals surface area (Å²) in [6.45, 7) is 0.646. The lowest BCUT2D eigenvalue weighted by atomic mass is 10.1. The van der Waals surface area contributed by atoms with E-state index in [-0.39, 0.29) is 36.2 Å². The van der Waals surface area contributed by atoms with Crippen LogP contribution in [-0.2, 0) is 9.47 Å². The predicted octanol–water partition coefficient (Wildman–Crippen LogP) is 1.80. The number of imidazole rings is 1. The highest BCUT2D eigenvalue weighted by Crippen LogP contribution is 2.36. The fourth-order valence-corrected chi connectivity index (χ4v) is 4.47. The lowest BCUT2D eigenvalue weighted by molar-refractivity contribution is 0.0606. The molecule has 0 spiro atoms. The molecule has 0 saturated carbocycles. The zero-order chi connectivity index (χ0) is 24.5. The van der Waals surface area contributed by atoms with Crippen LogP contribution in [0, 0.1) is 0 Å². The molecule has 12 heteroatoms. The quantitative estimate of drug-likeness (QED) is 0.413. The van der Waals surface area contributed by atoms with Crippen LogP contribution in [0.15, 0.2) is 67.3 Å². The van der Waals surface area contributed by atoms with Crippen LogP contribution in [0.2, 0.25) is 0 Å². The van der Waals surface area contributed by atoms with E-state index in [1.165, 1.54) is 0 Å². The second-order valence-corrected chi connectivity index (χ2v) is 8.44. The lowest BCUT2D eigenvalue weighted by Crippen LogP contribution is -2.44. The van der Waals surface area contributed by atoms with Crippen molar-refractivity contribution in [3.05, 3.63) is 72.8 Å². The average Bonchev–Trinajstić information content (AvgIpc) is 3.71. The van der Waals surface area contributed by atoms with E-state index in [2.05, 4.69) is 25.8 Å². The van der Waals surface area contributed by atoms with Gasteiger partial charge in [-0.25, -0.2) is 4.98 Å². The van der Waals surface area contributed by atoms with Crippen LogP contribution >= 0.6 is 0 Å². The van der Waals surface area contributed by atoms with E-state index in [0.29, 0.717) is 30.3 Å². The normalized spacial score (nSPS) is 22.8. The van der Waals surface area contributed by atoms with Crippen LogP contribution < -0.4 is 14.8 Å². The summed E-state index contributed by atoms with van der Waals surface area (Å²) in [7, 11) is 1.58. The first-order chi connectivity index (χ1) is 17.7. The maximum Gasteiger partial charge on any atom is 0.341 e. The summed E-state index contributed by atoms with van der Waals surface area (Å²) in [6.07, 6.45) is 4.64.